The first-order valence-electron chi connectivity index (χ1n) is 10.8. The fourth-order valence-electron chi connectivity index (χ4n) is 4.68. The molecule has 0 bridgehead atoms. The quantitative estimate of drug-likeness (QED) is 0.532. The van der Waals surface area contributed by atoms with Gasteiger partial charge in [-0.2, -0.15) is 0 Å². The van der Waals surface area contributed by atoms with Gasteiger partial charge in [-0.15, -0.1) is 5.10 Å². The Balaban J connectivity index is 1.44. The second-order valence-electron chi connectivity index (χ2n) is 8.95. The van der Waals surface area contributed by atoms with Crippen LogP contribution in [-0.4, -0.2) is 55.5 Å². The van der Waals surface area contributed by atoms with Crippen molar-refractivity contribution < 1.29 is 19.3 Å². The summed E-state index contributed by atoms with van der Waals surface area (Å²) in [7, 11) is 0. The molecule has 4 atom stereocenters. The number of aliphatic hydroxyl groups is 1. The Morgan fingerprint density at radius 2 is 1.94 bits per heavy atom. The number of fused-ring (bicyclic) bond motifs is 4. The SMILES string of the molecule is Cc1cccc(-c2nc3ccccc3c3c2nnn3C[C@H]2O[C@@H]3OC(C)(C)O[C@@H]3[C@H]2O)c1. The predicted octanol–water partition coefficient (Wildman–Crippen LogP) is 3.19. The van der Waals surface area contributed by atoms with Crippen molar-refractivity contribution in [1.82, 2.24) is 20.0 Å². The van der Waals surface area contributed by atoms with Gasteiger partial charge in [0.25, 0.3) is 0 Å². The Kier molecular flexibility index (Phi) is 4.35. The van der Waals surface area contributed by atoms with Crippen molar-refractivity contribution in [3.8, 4) is 11.3 Å². The fourth-order valence-corrected chi connectivity index (χ4v) is 4.68. The molecule has 2 aliphatic rings. The highest BCUT2D eigenvalue weighted by atomic mass is 16.8. The summed E-state index contributed by atoms with van der Waals surface area (Å²) in [5.41, 5.74) is 5.36. The van der Waals surface area contributed by atoms with E-state index in [0.717, 1.165) is 38.8 Å². The summed E-state index contributed by atoms with van der Waals surface area (Å²) in [5.74, 6) is -0.772. The molecular weight excluding hydrogens is 408 g/mol. The lowest BCUT2D eigenvalue weighted by Gasteiger charge is -2.23. The summed E-state index contributed by atoms with van der Waals surface area (Å²) < 4.78 is 19.4. The minimum absolute atomic E-state index is 0.319. The van der Waals surface area contributed by atoms with Crippen LogP contribution in [0.3, 0.4) is 0 Å². The number of ether oxygens (including phenoxy) is 3. The van der Waals surface area contributed by atoms with E-state index in [-0.39, 0.29) is 0 Å². The van der Waals surface area contributed by atoms with Gasteiger partial charge in [-0.3, -0.25) is 0 Å². The molecule has 4 heterocycles. The molecule has 2 aliphatic heterocycles. The van der Waals surface area contributed by atoms with Crippen LogP contribution in [0.1, 0.15) is 19.4 Å². The van der Waals surface area contributed by atoms with E-state index in [1.54, 1.807) is 4.68 Å². The normalized spacial score (nSPS) is 26.8. The Bertz CT molecular complexity index is 1330. The van der Waals surface area contributed by atoms with Gasteiger partial charge < -0.3 is 19.3 Å². The van der Waals surface area contributed by atoms with Gasteiger partial charge in [0.2, 0.25) is 0 Å². The molecule has 0 amide bonds. The molecule has 0 unspecified atom stereocenters. The fraction of sp³-hybridized carbons (Fsp3) is 0.375. The number of hydrogen-bond acceptors (Lipinski definition) is 7. The van der Waals surface area contributed by atoms with Crippen LogP contribution in [0.4, 0.5) is 0 Å². The Morgan fingerprint density at radius 1 is 1.09 bits per heavy atom. The first-order chi connectivity index (χ1) is 15.4. The summed E-state index contributed by atoms with van der Waals surface area (Å²) in [4.78, 5) is 4.90. The van der Waals surface area contributed by atoms with Crippen molar-refractivity contribution in [3.05, 3.63) is 54.1 Å². The van der Waals surface area contributed by atoms with E-state index in [1.807, 2.05) is 50.2 Å². The second-order valence-corrected chi connectivity index (χ2v) is 8.95. The molecule has 0 saturated carbocycles. The zero-order chi connectivity index (χ0) is 22.0. The number of pyridine rings is 1. The van der Waals surface area contributed by atoms with Crippen LogP contribution in [0.15, 0.2) is 48.5 Å². The highest BCUT2D eigenvalue weighted by molar-refractivity contribution is 6.07. The summed E-state index contributed by atoms with van der Waals surface area (Å²) in [6.07, 6.45) is -2.47. The van der Waals surface area contributed by atoms with Crippen molar-refractivity contribution in [3.63, 3.8) is 0 Å². The van der Waals surface area contributed by atoms with Crippen LogP contribution in [0.2, 0.25) is 0 Å². The minimum atomic E-state index is -0.828. The van der Waals surface area contributed by atoms with Crippen molar-refractivity contribution in [2.75, 3.05) is 0 Å². The molecule has 8 nitrogen and oxygen atoms in total. The van der Waals surface area contributed by atoms with Crippen LogP contribution in [-0.2, 0) is 20.8 Å². The smallest absolute Gasteiger partial charge is 0.190 e. The minimum Gasteiger partial charge on any atom is -0.387 e. The molecule has 8 heteroatoms. The topological polar surface area (TPSA) is 91.5 Å². The molecule has 0 spiro atoms. The van der Waals surface area contributed by atoms with Crippen molar-refractivity contribution in [2.45, 2.75) is 57.7 Å². The molecule has 0 radical (unpaired) electrons. The van der Waals surface area contributed by atoms with Gasteiger partial charge in [0.05, 0.1) is 12.1 Å². The first-order valence-corrected chi connectivity index (χ1v) is 10.8. The zero-order valence-corrected chi connectivity index (χ0v) is 18.1. The average molecular weight is 432 g/mol. The first kappa shape index (κ1) is 19.8. The van der Waals surface area contributed by atoms with E-state index in [0.29, 0.717) is 6.54 Å². The maximum atomic E-state index is 10.8. The number of aryl methyl sites for hydroxylation is 1. The largest absolute Gasteiger partial charge is 0.387 e. The number of aromatic nitrogens is 4. The number of hydrogen-bond donors (Lipinski definition) is 1. The molecule has 2 saturated heterocycles. The lowest BCUT2D eigenvalue weighted by molar-refractivity contribution is -0.216. The summed E-state index contributed by atoms with van der Waals surface area (Å²) in [6, 6.07) is 16.1. The van der Waals surface area contributed by atoms with Crippen molar-refractivity contribution in [1.29, 1.82) is 0 Å². The lowest BCUT2D eigenvalue weighted by atomic mass is 10.0. The van der Waals surface area contributed by atoms with Crippen LogP contribution in [0.25, 0.3) is 33.2 Å². The zero-order valence-electron chi connectivity index (χ0n) is 18.1. The average Bonchev–Trinajstić information content (AvgIpc) is 3.40. The molecule has 4 aromatic rings. The van der Waals surface area contributed by atoms with Gasteiger partial charge in [0.1, 0.15) is 35.0 Å². The standard InChI is InChI=1S/C24H24N4O4/c1-13-7-6-8-14(11-13)18-19-20(15-9-4-5-10-16(15)25-18)28(27-26-19)12-17-21(29)22-23(30-17)32-24(2,3)31-22/h4-11,17,21-23,29H,12H2,1-3H3/t17-,21+,22-,23-/m1/s1. The highest BCUT2D eigenvalue weighted by Gasteiger charge is 2.54. The predicted molar refractivity (Wildman–Crippen MR) is 118 cm³/mol. The third-order valence-corrected chi connectivity index (χ3v) is 6.11. The maximum absolute atomic E-state index is 10.8. The van der Waals surface area contributed by atoms with Crippen LogP contribution in [0.5, 0.6) is 0 Å². The van der Waals surface area contributed by atoms with E-state index in [4.69, 9.17) is 19.2 Å². The second kappa shape index (κ2) is 7.05. The van der Waals surface area contributed by atoms with Gasteiger partial charge >= 0.3 is 0 Å². The van der Waals surface area contributed by atoms with Crippen LogP contribution >= 0.6 is 0 Å². The Labute approximate surface area is 184 Å². The summed E-state index contributed by atoms with van der Waals surface area (Å²) >= 11 is 0. The van der Waals surface area contributed by atoms with Gasteiger partial charge in [-0.25, -0.2) is 9.67 Å². The summed E-state index contributed by atoms with van der Waals surface area (Å²) in [5, 5.41) is 20.7. The molecule has 32 heavy (non-hydrogen) atoms. The molecule has 6 rings (SSSR count). The van der Waals surface area contributed by atoms with Gasteiger partial charge in [-0.1, -0.05) is 47.2 Å². The molecular formula is C24H24N4O4. The lowest BCUT2D eigenvalue weighted by Crippen LogP contribution is -2.36. The summed E-state index contributed by atoms with van der Waals surface area (Å²) in [6.45, 7) is 6.00. The van der Waals surface area contributed by atoms with E-state index in [9.17, 15) is 5.11 Å². The van der Waals surface area contributed by atoms with E-state index >= 15 is 0 Å². The maximum Gasteiger partial charge on any atom is 0.190 e. The molecule has 2 fully saturated rings. The van der Waals surface area contributed by atoms with E-state index in [2.05, 4.69) is 29.4 Å². The number of benzene rings is 2. The van der Waals surface area contributed by atoms with Gasteiger partial charge in [0, 0.05) is 10.9 Å². The Hall–Kier alpha value is -2.91. The van der Waals surface area contributed by atoms with E-state index in [1.165, 1.54) is 0 Å². The number of para-hydroxylation sites is 1. The Morgan fingerprint density at radius 3 is 2.75 bits per heavy atom. The number of aliphatic hydroxyl groups excluding tert-OH is 1. The number of rotatable bonds is 3. The molecule has 0 aliphatic carbocycles. The molecule has 2 aromatic heterocycles. The molecule has 2 aromatic carbocycles. The third kappa shape index (κ3) is 3.10. The van der Waals surface area contributed by atoms with Crippen molar-refractivity contribution >= 4 is 21.9 Å². The van der Waals surface area contributed by atoms with Crippen LogP contribution in [0, 0.1) is 6.92 Å². The number of nitrogens with zero attached hydrogens (tertiary/aromatic N) is 4. The van der Waals surface area contributed by atoms with Gasteiger partial charge in [0.15, 0.2) is 12.1 Å². The van der Waals surface area contributed by atoms with Crippen LogP contribution < -0.4 is 0 Å². The molecule has 164 valence electrons. The van der Waals surface area contributed by atoms with Crippen molar-refractivity contribution in [2.24, 2.45) is 0 Å². The monoisotopic (exact) mass is 432 g/mol. The van der Waals surface area contributed by atoms with Gasteiger partial charge in [-0.05, 0) is 32.9 Å². The highest BCUT2D eigenvalue weighted by Crippen LogP contribution is 2.38. The van der Waals surface area contributed by atoms with E-state index < -0.39 is 30.4 Å². The third-order valence-electron chi connectivity index (χ3n) is 6.11. The molecule has 1 N–H and O–H groups in total.